The zero-order valence-electron chi connectivity index (χ0n) is 18.6. The Morgan fingerprint density at radius 2 is 1.78 bits per heavy atom. The van der Waals surface area contributed by atoms with E-state index in [2.05, 4.69) is 22.8 Å². The molecule has 0 saturated heterocycles. The van der Waals surface area contributed by atoms with Crippen molar-refractivity contribution in [3.8, 4) is 5.75 Å². The molecule has 0 aromatic heterocycles. The van der Waals surface area contributed by atoms with Crippen molar-refractivity contribution in [3.63, 3.8) is 0 Å². The van der Waals surface area contributed by atoms with E-state index in [9.17, 15) is 9.59 Å². The quantitative estimate of drug-likeness (QED) is 0.495. The molecule has 2 atom stereocenters. The molecule has 2 aromatic carbocycles. The Bertz CT molecular complexity index is 890. The first kappa shape index (κ1) is 23.5. The zero-order valence-corrected chi connectivity index (χ0v) is 18.6. The highest BCUT2D eigenvalue weighted by Crippen LogP contribution is 2.27. The molecule has 1 aliphatic carbocycles. The fraction of sp³-hybridized carbons (Fsp3) is 0.385. The summed E-state index contributed by atoms with van der Waals surface area (Å²) in [6, 6.07) is 16.4. The first-order valence-corrected chi connectivity index (χ1v) is 11.3. The van der Waals surface area contributed by atoms with Gasteiger partial charge in [-0.25, -0.2) is 0 Å². The molecule has 0 bridgehead atoms. The number of hydrogen-bond acceptors (Lipinski definition) is 4. The second kappa shape index (κ2) is 12.1. The summed E-state index contributed by atoms with van der Waals surface area (Å²) in [5, 5.41) is 5.88. The van der Waals surface area contributed by atoms with Gasteiger partial charge in [-0.15, -0.1) is 0 Å². The maximum Gasteiger partial charge on any atom is 0.248 e. The summed E-state index contributed by atoms with van der Waals surface area (Å²) in [6.07, 6.45) is 8.96. The third-order valence-corrected chi connectivity index (χ3v) is 5.96. The van der Waals surface area contributed by atoms with Crippen molar-refractivity contribution in [2.45, 2.75) is 50.6 Å². The number of carbonyl (C=O) groups excluding carboxylic acids is 2. The Kier molecular flexibility index (Phi) is 8.87. The Hall–Kier alpha value is -3.12. The number of carbonyl (C=O) groups is 2. The average molecular weight is 436 g/mol. The van der Waals surface area contributed by atoms with Crippen LogP contribution in [0.2, 0.25) is 0 Å². The van der Waals surface area contributed by atoms with Gasteiger partial charge >= 0.3 is 0 Å². The summed E-state index contributed by atoms with van der Waals surface area (Å²) < 4.78 is 5.13. The minimum atomic E-state index is -0.502. The molecule has 2 aromatic rings. The molecule has 1 aliphatic rings. The van der Waals surface area contributed by atoms with Crippen molar-refractivity contribution in [2.24, 2.45) is 11.7 Å². The fourth-order valence-corrected chi connectivity index (χ4v) is 4.05. The number of aryl methyl sites for hydroxylation is 1. The fourth-order valence-electron chi connectivity index (χ4n) is 4.05. The van der Waals surface area contributed by atoms with E-state index >= 15 is 0 Å². The van der Waals surface area contributed by atoms with Gasteiger partial charge in [0.15, 0.2) is 0 Å². The van der Waals surface area contributed by atoms with Crippen LogP contribution in [0, 0.1) is 5.92 Å². The van der Waals surface area contributed by atoms with E-state index in [1.807, 2.05) is 18.2 Å². The van der Waals surface area contributed by atoms with Crippen molar-refractivity contribution in [1.29, 1.82) is 0 Å². The average Bonchev–Trinajstić information content (AvgIpc) is 3.36. The molecule has 6 nitrogen and oxygen atoms in total. The molecule has 0 radical (unpaired) electrons. The number of nitrogens with one attached hydrogen (secondary N) is 2. The highest BCUT2D eigenvalue weighted by atomic mass is 16.5. The molecule has 2 unspecified atom stereocenters. The lowest BCUT2D eigenvalue weighted by molar-refractivity contribution is -0.124. The molecule has 1 saturated carbocycles. The first-order valence-electron chi connectivity index (χ1n) is 11.3. The van der Waals surface area contributed by atoms with Crippen molar-refractivity contribution in [3.05, 3.63) is 72.3 Å². The van der Waals surface area contributed by atoms with Crippen LogP contribution in [-0.2, 0) is 16.0 Å². The van der Waals surface area contributed by atoms with Crippen LogP contribution < -0.4 is 21.1 Å². The highest BCUT2D eigenvalue weighted by molar-refractivity contribution is 5.99. The number of anilines is 1. The first-order chi connectivity index (χ1) is 15.5. The molecule has 32 heavy (non-hydrogen) atoms. The van der Waals surface area contributed by atoms with Crippen molar-refractivity contribution < 1.29 is 14.3 Å². The molecule has 1 fully saturated rings. The predicted molar refractivity (Wildman–Crippen MR) is 127 cm³/mol. The second-order valence-electron chi connectivity index (χ2n) is 8.29. The van der Waals surface area contributed by atoms with E-state index in [0.29, 0.717) is 12.1 Å². The van der Waals surface area contributed by atoms with Crippen LogP contribution in [-0.4, -0.2) is 31.0 Å². The molecule has 0 spiro atoms. The maximum atomic E-state index is 12.8. The minimum absolute atomic E-state index is 0.143. The lowest BCUT2D eigenvalue weighted by Gasteiger charge is -2.22. The number of methoxy groups -OCH3 is 1. The molecule has 2 amide bonds. The lowest BCUT2D eigenvalue weighted by atomic mass is 9.97. The van der Waals surface area contributed by atoms with E-state index in [1.165, 1.54) is 11.6 Å². The van der Waals surface area contributed by atoms with Crippen LogP contribution in [0.3, 0.4) is 0 Å². The van der Waals surface area contributed by atoms with Crippen LogP contribution >= 0.6 is 0 Å². The number of hydrogen-bond donors (Lipinski definition) is 3. The standard InChI is InChI=1S/C26H33N3O3/c1-32-23-16-13-21(14-17-23)28-24(30)18-15-22(12-11-19-7-3-2-4-8-19)29-26(31)25(27)20-9-5-6-10-20/h2-4,7-8,13-18,20,22,25H,5-6,9-12,27H2,1H3,(H,28,30)(H,29,31). The summed E-state index contributed by atoms with van der Waals surface area (Å²) in [4.78, 5) is 25.2. The van der Waals surface area contributed by atoms with Crippen LogP contribution in [0.4, 0.5) is 5.69 Å². The van der Waals surface area contributed by atoms with Crippen LogP contribution in [0.25, 0.3) is 0 Å². The largest absolute Gasteiger partial charge is 0.497 e. The number of nitrogens with two attached hydrogens (primary N) is 1. The maximum absolute atomic E-state index is 12.8. The lowest BCUT2D eigenvalue weighted by Crippen LogP contribution is -2.48. The van der Waals surface area contributed by atoms with Gasteiger partial charge in [-0.3, -0.25) is 9.59 Å². The van der Waals surface area contributed by atoms with Gasteiger partial charge in [0, 0.05) is 17.8 Å². The van der Waals surface area contributed by atoms with Gasteiger partial charge in [0.25, 0.3) is 0 Å². The van der Waals surface area contributed by atoms with E-state index in [4.69, 9.17) is 10.5 Å². The molecule has 0 heterocycles. The van der Waals surface area contributed by atoms with E-state index in [-0.39, 0.29) is 23.8 Å². The van der Waals surface area contributed by atoms with E-state index in [0.717, 1.165) is 37.9 Å². The molecule has 4 N–H and O–H groups in total. The molecule has 6 heteroatoms. The van der Waals surface area contributed by atoms with Gasteiger partial charge in [-0.05, 0) is 61.4 Å². The Morgan fingerprint density at radius 1 is 1.09 bits per heavy atom. The number of ether oxygens (including phenoxy) is 1. The second-order valence-corrected chi connectivity index (χ2v) is 8.29. The molecule has 3 rings (SSSR count). The Morgan fingerprint density at radius 3 is 2.44 bits per heavy atom. The van der Waals surface area contributed by atoms with Gasteiger partial charge in [0.1, 0.15) is 5.75 Å². The van der Waals surface area contributed by atoms with Gasteiger partial charge in [-0.1, -0.05) is 49.2 Å². The zero-order chi connectivity index (χ0) is 22.8. The van der Waals surface area contributed by atoms with Crippen molar-refractivity contribution >= 4 is 17.5 Å². The topological polar surface area (TPSA) is 93.5 Å². The highest BCUT2D eigenvalue weighted by Gasteiger charge is 2.28. The van der Waals surface area contributed by atoms with Gasteiger partial charge in [0.05, 0.1) is 13.2 Å². The van der Waals surface area contributed by atoms with E-state index < -0.39 is 6.04 Å². The number of benzene rings is 2. The van der Waals surface area contributed by atoms with Crippen LogP contribution in [0.5, 0.6) is 5.75 Å². The predicted octanol–water partition coefficient (Wildman–Crippen LogP) is 3.83. The number of rotatable bonds is 10. The third kappa shape index (κ3) is 7.24. The molecule has 170 valence electrons. The minimum Gasteiger partial charge on any atom is -0.497 e. The van der Waals surface area contributed by atoms with Crippen molar-refractivity contribution in [2.75, 3.05) is 12.4 Å². The molecule has 0 aliphatic heterocycles. The Labute approximate surface area is 190 Å². The Balaban J connectivity index is 1.61. The third-order valence-electron chi connectivity index (χ3n) is 5.96. The summed E-state index contributed by atoms with van der Waals surface area (Å²) in [6.45, 7) is 0. The van der Waals surface area contributed by atoms with Gasteiger partial charge < -0.3 is 21.1 Å². The van der Waals surface area contributed by atoms with Crippen LogP contribution in [0.15, 0.2) is 66.7 Å². The molecular formula is C26H33N3O3. The monoisotopic (exact) mass is 435 g/mol. The van der Waals surface area contributed by atoms with E-state index in [1.54, 1.807) is 37.5 Å². The summed E-state index contributed by atoms with van der Waals surface area (Å²) >= 11 is 0. The summed E-state index contributed by atoms with van der Waals surface area (Å²) in [7, 11) is 1.60. The number of amides is 2. The van der Waals surface area contributed by atoms with Gasteiger partial charge in [-0.2, -0.15) is 0 Å². The van der Waals surface area contributed by atoms with Crippen molar-refractivity contribution in [1.82, 2.24) is 5.32 Å². The normalized spacial score (nSPS) is 15.9. The SMILES string of the molecule is COc1ccc(NC(=O)C=CC(CCc2ccccc2)NC(=O)C(N)C2CCCC2)cc1. The van der Waals surface area contributed by atoms with Gasteiger partial charge in [0.2, 0.25) is 11.8 Å². The summed E-state index contributed by atoms with van der Waals surface area (Å²) in [5.41, 5.74) is 8.09. The summed E-state index contributed by atoms with van der Waals surface area (Å²) in [5.74, 6) is 0.567. The molecular weight excluding hydrogens is 402 g/mol. The van der Waals surface area contributed by atoms with Crippen LogP contribution in [0.1, 0.15) is 37.7 Å². The smallest absolute Gasteiger partial charge is 0.248 e.